The second-order valence-corrected chi connectivity index (χ2v) is 4.01. The quantitative estimate of drug-likeness (QED) is 0.731. The van der Waals surface area contributed by atoms with Crippen LogP contribution in [-0.4, -0.2) is 4.98 Å². The van der Waals surface area contributed by atoms with Crippen molar-refractivity contribution in [1.29, 1.82) is 5.26 Å². The Kier molecular flexibility index (Phi) is 3.64. The molecule has 1 aromatic rings. The third-order valence-corrected chi connectivity index (χ3v) is 2.44. The van der Waals surface area contributed by atoms with Crippen molar-refractivity contribution in [1.82, 2.24) is 4.98 Å². The van der Waals surface area contributed by atoms with Gasteiger partial charge in [0.2, 0.25) is 0 Å². The molecule has 0 fully saturated rings. The molecule has 0 radical (unpaired) electrons. The maximum Gasteiger partial charge on any atom is 0.0628 e. The van der Waals surface area contributed by atoms with Crippen LogP contribution in [0.4, 0.5) is 0 Å². The first-order chi connectivity index (χ1) is 6.65. The fourth-order valence-corrected chi connectivity index (χ4v) is 1.62. The van der Waals surface area contributed by atoms with E-state index in [0.717, 1.165) is 5.56 Å². The molecule has 0 saturated carbocycles. The summed E-state index contributed by atoms with van der Waals surface area (Å²) in [5.41, 5.74) is 2.34. The van der Waals surface area contributed by atoms with Gasteiger partial charge in [0.25, 0.3) is 0 Å². The van der Waals surface area contributed by atoms with Gasteiger partial charge in [0, 0.05) is 24.7 Å². The Balaban J connectivity index is 2.94. The smallest absolute Gasteiger partial charge is 0.0628 e. The first kappa shape index (κ1) is 10.7. The molecule has 0 aliphatic rings. The van der Waals surface area contributed by atoms with E-state index < -0.39 is 0 Å². The SMILES string of the molecule is Cc1cncc(C(CC#N)C(C)C)c1. The molecule has 0 aliphatic heterocycles. The van der Waals surface area contributed by atoms with Crippen molar-refractivity contribution < 1.29 is 0 Å². The Hall–Kier alpha value is -1.36. The van der Waals surface area contributed by atoms with Crippen LogP contribution < -0.4 is 0 Å². The Morgan fingerprint density at radius 2 is 2.14 bits per heavy atom. The predicted octanol–water partition coefficient (Wildman–Crippen LogP) is 3.04. The molecule has 1 unspecified atom stereocenters. The number of hydrogen-bond acceptors (Lipinski definition) is 2. The predicted molar refractivity (Wildman–Crippen MR) is 56.8 cm³/mol. The van der Waals surface area contributed by atoms with Gasteiger partial charge in [-0.25, -0.2) is 0 Å². The van der Waals surface area contributed by atoms with Gasteiger partial charge < -0.3 is 0 Å². The summed E-state index contributed by atoms with van der Waals surface area (Å²) in [4.78, 5) is 4.16. The van der Waals surface area contributed by atoms with Crippen LogP contribution in [0.5, 0.6) is 0 Å². The van der Waals surface area contributed by atoms with Gasteiger partial charge >= 0.3 is 0 Å². The topological polar surface area (TPSA) is 36.7 Å². The third kappa shape index (κ3) is 2.56. The summed E-state index contributed by atoms with van der Waals surface area (Å²) in [5.74, 6) is 0.797. The van der Waals surface area contributed by atoms with Crippen molar-refractivity contribution in [2.24, 2.45) is 5.92 Å². The van der Waals surface area contributed by atoms with Crippen LogP contribution in [0.15, 0.2) is 18.5 Å². The number of aromatic nitrogens is 1. The minimum atomic E-state index is 0.312. The Morgan fingerprint density at radius 3 is 2.64 bits per heavy atom. The van der Waals surface area contributed by atoms with Gasteiger partial charge in [0.05, 0.1) is 6.07 Å². The lowest BCUT2D eigenvalue weighted by atomic mass is 9.87. The summed E-state index contributed by atoms with van der Waals surface area (Å²) < 4.78 is 0. The zero-order valence-electron chi connectivity index (χ0n) is 8.99. The highest BCUT2D eigenvalue weighted by atomic mass is 14.6. The first-order valence-corrected chi connectivity index (χ1v) is 4.93. The van der Waals surface area contributed by atoms with Crippen molar-refractivity contribution in [3.05, 3.63) is 29.6 Å². The molecule has 0 amide bonds. The molecule has 1 heterocycles. The lowest BCUT2D eigenvalue weighted by molar-refractivity contribution is 0.504. The van der Waals surface area contributed by atoms with Crippen LogP contribution in [0.3, 0.4) is 0 Å². The number of nitriles is 1. The summed E-state index contributed by atoms with van der Waals surface area (Å²) in [6.45, 7) is 6.31. The van der Waals surface area contributed by atoms with Gasteiger partial charge in [-0.05, 0) is 24.0 Å². The van der Waals surface area contributed by atoms with Gasteiger partial charge in [0.15, 0.2) is 0 Å². The lowest BCUT2D eigenvalue weighted by Gasteiger charge is -2.17. The monoisotopic (exact) mass is 188 g/mol. The molecule has 0 aromatic carbocycles. The second kappa shape index (κ2) is 4.76. The summed E-state index contributed by atoms with van der Waals surface area (Å²) in [6, 6.07) is 4.36. The lowest BCUT2D eigenvalue weighted by Crippen LogP contribution is -2.06. The molecule has 2 nitrogen and oxygen atoms in total. The van der Waals surface area contributed by atoms with Gasteiger partial charge in [-0.15, -0.1) is 0 Å². The van der Waals surface area contributed by atoms with E-state index in [9.17, 15) is 0 Å². The molecular weight excluding hydrogens is 172 g/mol. The minimum Gasteiger partial charge on any atom is -0.264 e. The third-order valence-electron chi connectivity index (χ3n) is 2.44. The molecule has 14 heavy (non-hydrogen) atoms. The molecular formula is C12H16N2. The van der Waals surface area contributed by atoms with Gasteiger partial charge in [-0.1, -0.05) is 19.9 Å². The molecule has 0 bridgehead atoms. The van der Waals surface area contributed by atoms with Gasteiger partial charge in [-0.3, -0.25) is 4.98 Å². The summed E-state index contributed by atoms with van der Waals surface area (Å²) in [7, 11) is 0. The van der Waals surface area contributed by atoms with Crippen LogP contribution in [0.2, 0.25) is 0 Å². The molecule has 1 aromatic heterocycles. The Bertz CT molecular complexity index is 336. The normalized spacial score (nSPS) is 12.5. The van der Waals surface area contributed by atoms with Crippen molar-refractivity contribution in [3.8, 4) is 6.07 Å². The maximum absolute atomic E-state index is 8.75. The van der Waals surface area contributed by atoms with Crippen molar-refractivity contribution in [2.75, 3.05) is 0 Å². The highest BCUT2D eigenvalue weighted by Gasteiger charge is 2.15. The molecule has 2 heteroatoms. The highest BCUT2D eigenvalue weighted by Crippen LogP contribution is 2.27. The molecule has 1 rings (SSSR count). The van der Waals surface area contributed by atoms with Crippen molar-refractivity contribution in [2.45, 2.75) is 33.1 Å². The van der Waals surface area contributed by atoms with Crippen molar-refractivity contribution in [3.63, 3.8) is 0 Å². The number of rotatable bonds is 3. The second-order valence-electron chi connectivity index (χ2n) is 4.01. The van der Waals surface area contributed by atoms with Crippen LogP contribution >= 0.6 is 0 Å². The average molecular weight is 188 g/mol. The van der Waals surface area contributed by atoms with E-state index in [-0.39, 0.29) is 0 Å². The molecule has 0 saturated heterocycles. The Morgan fingerprint density at radius 1 is 1.43 bits per heavy atom. The summed E-state index contributed by atoms with van der Waals surface area (Å²) >= 11 is 0. The zero-order valence-corrected chi connectivity index (χ0v) is 8.99. The fraction of sp³-hybridized carbons (Fsp3) is 0.500. The molecule has 1 atom stereocenters. The minimum absolute atomic E-state index is 0.312. The summed E-state index contributed by atoms with van der Waals surface area (Å²) in [6.07, 6.45) is 4.28. The molecule has 74 valence electrons. The zero-order chi connectivity index (χ0) is 10.6. The largest absolute Gasteiger partial charge is 0.264 e. The molecule has 0 aliphatic carbocycles. The van der Waals surface area contributed by atoms with E-state index in [4.69, 9.17) is 5.26 Å². The Labute approximate surface area is 85.6 Å². The van der Waals surface area contributed by atoms with Crippen LogP contribution in [0.1, 0.15) is 37.3 Å². The van der Waals surface area contributed by atoms with E-state index in [1.807, 2.05) is 19.3 Å². The number of aryl methyl sites for hydroxylation is 1. The van der Waals surface area contributed by atoms with Crippen molar-refractivity contribution >= 4 is 0 Å². The van der Waals surface area contributed by atoms with Crippen LogP contribution in [-0.2, 0) is 0 Å². The van der Waals surface area contributed by atoms with E-state index in [1.54, 1.807) is 0 Å². The standard InChI is InChI=1S/C12H16N2/c1-9(2)12(4-5-13)11-6-10(3)7-14-8-11/h6-9,12H,4H2,1-3H3. The first-order valence-electron chi connectivity index (χ1n) is 4.93. The van der Waals surface area contributed by atoms with E-state index in [2.05, 4.69) is 31.0 Å². The molecule has 0 spiro atoms. The van der Waals surface area contributed by atoms with E-state index >= 15 is 0 Å². The summed E-state index contributed by atoms with van der Waals surface area (Å²) in [5, 5.41) is 8.75. The number of hydrogen-bond donors (Lipinski definition) is 0. The van der Waals surface area contributed by atoms with Crippen LogP contribution in [0.25, 0.3) is 0 Å². The average Bonchev–Trinajstić information content (AvgIpc) is 2.13. The fourth-order valence-electron chi connectivity index (χ4n) is 1.62. The number of nitrogens with zero attached hydrogens (tertiary/aromatic N) is 2. The van der Waals surface area contributed by atoms with Gasteiger partial charge in [-0.2, -0.15) is 5.26 Å². The van der Waals surface area contributed by atoms with Gasteiger partial charge in [0.1, 0.15) is 0 Å². The molecule has 0 N–H and O–H groups in total. The number of pyridine rings is 1. The highest BCUT2D eigenvalue weighted by molar-refractivity contribution is 5.22. The van der Waals surface area contributed by atoms with Crippen LogP contribution in [0, 0.1) is 24.2 Å². The van der Waals surface area contributed by atoms with E-state index in [1.165, 1.54) is 5.56 Å². The van der Waals surface area contributed by atoms with E-state index in [0.29, 0.717) is 18.3 Å². The maximum atomic E-state index is 8.75.